The average Bonchev–Trinajstić information content (AvgIpc) is 2.18. The second-order valence-electron chi connectivity index (χ2n) is 3.53. The Hall–Kier alpha value is -1.49. The lowest BCUT2D eigenvalue weighted by Crippen LogP contribution is -2.41. The van der Waals surface area contributed by atoms with E-state index in [9.17, 15) is 9.90 Å². The van der Waals surface area contributed by atoms with Gasteiger partial charge < -0.3 is 10.2 Å². The average molecular weight is 196 g/mol. The van der Waals surface area contributed by atoms with E-state index < -0.39 is 17.5 Å². The molecule has 1 rings (SSSR count). The molecular formula is C9H12N2O3. The Labute approximate surface area is 81.4 Å². The molecule has 0 aliphatic heterocycles. The van der Waals surface area contributed by atoms with Crippen LogP contribution in [0.1, 0.15) is 19.7 Å². The molecule has 1 aromatic heterocycles. The third kappa shape index (κ3) is 1.88. The molecule has 0 amide bonds. The molecule has 0 radical (unpaired) electrons. The van der Waals surface area contributed by atoms with Crippen LogP contribution in [0.3, 0.4) is 0 Å². The van der Waals surface area contributed by atoms with Crippen LogP contribution in [0.5, 0.6) is 0 Å². The van der Waals surface area contributed by atoms with Gasteiger partial charge in [-0.25, -0.2) is 14.8 Å². The van der Waals surface area contributed by atoms with Crippen LogP contribution in [0, 0.1) is 0 Å². The summed E-state index contributed by atoms with van der Waals surface area (Å²) in [6.07, 6.45) is 1.52. The van der Waals surface area contributed by atoms with Gasteiger partial charge in [0, 0.05) is 12.4 Å². The van der Waals surface area contributed by atoms with Crippen molar-refractivity contribution in [2.45, 2.75) is 25.4 Å². The molecule has 5 nitrogen and oxygen atoms in total. The monoisotopic (exact) mass is 196 g/mol. The van der Waals surface area contributed by atoms with E-state index >= 15 is 0 Å². The van der Waals surface area contributed by atoms with Crippen LogP contribution < -0.4 is 0 Å². The molecule has 76 valence electrons. The molecule has 0 saturated heterocycles. The van der Waals surface area contributed by atoms with Crippen molar-refractivity contribution in [1.29, 1.82) is 0 Å². The summed E-state index contributed by atoms with van der Waals surface area (Å²) in [7, 11) is 0. The normalized spacial score (nSPS) is 13.6. The molecule has 1 aromatic rings. The topological polar surface area (TPSA) is 83.3 Å². The summed E-state index contributed by atoms with van der Waals surface area (Å²) < 4.78 is 0. The van der Waals surface area contributed by atoms with E-state index in [2.05, 4.69) is 9.97 Å². The van der Waals surface area contributed by atoms with Crippen LogP contribution >= 0.6 is 0 Å². The Bertz CT molecular complexity index is 324. The zero-order valence-corrected chi connectivity index (χ0v) is 8.01. The Morgan fingerprint density at radius 3 is 2.36 bits per heavy atom. The van der Waals surface area contributed by atoms with Gasteiger partial charge in [-0.05, 0) is 19.9 Å². The molecule has 1 atom stereocenters. The number of carbonyl (C=O) groups is 1. The van der Waals surface area contributed by atoms with E-state index in [1.807, 2.05) is 0 Å². The summed E-state index contributed by atoms with van der Waals surface area (Å²) in [5.41, 5.74) is -0.993. The number of rotatable bonds is 3. The van der Waals surface area contributed by atoms with Crippen molar-refractivity contribution < 1.29 is 15.0 Å². The first-order valence-corrected chi connectivity index (χ1v) is 4.14. The van der Waals surface area contributed by atoms with Crippen molar-refractivity contribution in [2.24, 2.45) is 0 Å². The summed E-state index contributed by atoms with van der Waals surface area (Å²) in [5.74, 6) is -0.961. The molecule has 2 N–H and O–H groups in total. The molecule has 1 unspecified atom stereocenters. The predicted molar refractivity (Wildman–Crippen MR) is 48.7 cm³/mol. The van der Waals surface area contributed by atoms with E-state index in [0.29, 0.717) is 5.82 Å². The molecule has 5 heteroatoms. The van der Waals surface area contributed by atoms with Crippen LogP contribution in [0.2, 0.25) is 0 Å². The second kappa shape index (κ2) is 3.71. The molecule has 0 aliphatic carbocycles. The van der Waals surface area contributed by atoms with E-state index in [4.69, 9.17) is 5.11 Å². The fourth-order valence-electron chi connectivity index (χ4n) is 1.06. The highest BCUT2D eigenvalue weighted by atomic mass is 16.4. The van der Waals surface area contributed by atoms with Crippen molar-refractivity contribution in [3.8, 4) is 0 Å². The summed E-state index contributed by atoms with van der Waals surface area (Å²) in [6.45, 7) is 3.17. The van der Waals surface area contributed by atoms with Gasteiger partial charge in [0.15, 0.2) is 6.10 Å². The Balaban J connectivity index is 3.02. The number of aliphatic hydroxyl groups is 1. The zero-order chi connectivity index (χ0) is 10.8. The van der Waals surface area contributed by atoms with E-state index in [1.165, 1.54) is 12.4 Å². The highest BCUT2D eigenvalue weighted by Crippen LogP contribution is 2.23. The summed E-state index contributed by atoms with van der Waals surface area (Å²) in [4.78, 5) is 18.5. The molecule has 0 bridgehead atoms. The van der Waals surface area contributed by atoms with E-state index in [1.54, 1.807) is 19.9 Å². The maximum absolute atomic E-state index is 10.6. The van der Waals surface area contributed by atoms with Crippen molar-refractivity contribution in [2.75, 3.05) is 0 Å². The van der Waals surface area contributed by atoms with Gasteiger partial charge in [-0.15, -0.1) is 0 Å². The van der Waals surface area contributed by atoms with Gasteiger partial charge in [0.2, 0.25) is 0 Å². The number of hydrogen-bond donors (Lipinski definition) is 2. The molecular weight excluding hydrogens is 184 g/mol. The predicted octanol–water partition coefficient (Wildman–Crippen LogP) is 0.200. The lowest BCUT2D eigenvalue weighted by atomic mass is 9.85. The first-order valence-electron chi connectivity index (χ1n) is 4.14. The molecule has 0 spiro atoms. The highest BCUT2D eigenvalue weighted by molar-refractivity contribution is 5.74. The minimum atomic E-state index is -1.51. The van der Waals surface area contributed by atoms with Gasteiger partial charge in [0.1, 0.15) is 5.82 Å². The largest absolute Gasteiger partial charge is 0.479 e. The number of aromatic nitrogens is 2. The van der Waals surface area contributed by atoms with Crippen LogP contribution in [0.25, 0.3) is 0 Å². The number of nitrogens with zero attached hydrogens (tertiary/aromatic N) is 2. The quantitative estimate of drug-likeness (QED) is 0.721. The van der Waals surface area contributed by atoms with Crippen LogP contribution in [0.15, 0.2) is 18.5 Å². The minimum Gasteiger partial charge on any atom is -0.479 e. The number of carboxylic acid groups (broad SMARTS) is 1. The smallest absolute Gasteiger partial charge is 0.333 e. The SMILES string of the molecule is CC(C)(c1ncccn1)C(O)C(=O)O. The van der Waals surface area contributed by atoms with Crippen LogP contribution in [-0.4, -0.2) is 32.3 Å². The minimum absolute atomic E-state index is 0.315. The number of carboxylic acids is 1. The maximum atomic E-state index is 10.6. The van der Waals surface area contributed by atoms with Crippen molar-refractivity contribution in [1.82, 2.24) is 9.97 Å². The molecule has 0 aliphatic rings. The third-order valence-electron chi connectivity index (χ3n) is 2.06. The number of aliphatic carboxylic acids is 1. The van der Waals surface area contributed by atoms with Gasteiger partial charge >= 0.3 is 5.97 Å². The Morgan fingerprint density at radius 2 is 1.93 bits per heavy atom. The van der Waals surface area contributed by atoms with Gasteiger partial charge in [-0.3, -0.25) is 0 Å². The second-order valence-corrected chi connectivity index (χ2v) is 3.53. The highest BCUT2D eigenvalue weighted by Gasteiger charge is 2.37. The molecule has 0 saturated carbocycles. The molecule has 1 heterocycles. The van der Waals surface area contributed by atoms with Gasteiger partial charge in [-0.1, -0.05) is 0 Å². The third-order valence-corrected chi connectivity index (χ3v) is 2.06. The van der Waals surface area contributed by atoms with Crippen molar-refractivity contribution in [3.05, 3.63) is 24.3 Å². The van der Waals surface area contributed by atoms with Crippen molar-refractivity contribution in [3.63, 3.8) is 0 Å². The fourth-order valence-corrected chi connectivity index (χ4v) is 1.06. The van der Waals surface area contributed by atoms with Gasteiger partial charge in [-0.2, -0.15) is 0 Å². The summed E-state index contributed by atoms with van der Waals surface area (Å²) in [5, 5.41) is 18.1. The van der Waals surface area contributed by atoms with Crippen LogP contribution in [0.4, 0.5) is 0 Å². The summed E-state index contributed by atoms with van der Waals surface area (Å²) in [6, 6.07) is 1.63. The standard InChI is InChI=1S/C9H12N2O3/c1-9(2,6(12)7(13)14)8-10-4-3-5-11-8/h3-6,12H,1-2H3,(H,13,14). The van der Waals surface area contributed by atoms with Crippen molar-refractivity contribution >= 4 is 5.97 Å². The van der Waals surface area contributed by atoms with Gasteiger partial charge in [0.05, 0.1) is 5.41 Å². The van der Waals surface area contributed by atoms with E-state index in [0.717, 1.165) is 0 Å². The maximum Gasteiger partial charge on any atom is 0.333 e. The van der Waals surface area contributed by atoms with E-state index in [-0.39, 0.29) is 0 Å². The number of aliphatic hydroxyl groups excluding tert-OH is 1. The Morgan fingerprint density at radius 1 is 1.43 bits per heavy atom. The first kappa shape index (κ1) is 10.6. The van der Waals surface area contributed by atoms with Crippen LogP contribution in [-0.2, 0) is 10.2 Å². The Kier molecular flexibility index (Phi) is 2.81. The lowest BCUT2D eigenvalue weighted by Gasteiger charge is -2.25. The fraction of sp³-hybridized carbons (Fsp3) is 0.444. The molecule has 0 fully saturated rings. The lowest BCUT2D eigenvalue weighted by molar-refractivity contribution is -0.150. The molecule has 0 aromatic carbocycles. The molecule has 14 heavy (non-hydrogen) atoms. The number of hydrogen-bond acceptors (Lipinski definition) is 4. The first-order chi connectivity index (χ1) is 6.46. The summed E-state index contributed by atoms with van der Waals surface area (Å²) >= 11 is 0. The zero-order valence-electron chi connectivity index (χ0n) is 8.01. The van der Waals surface area contributed by atoms with Gasteiger partial charge in [0.25, 0.3) is 0 Å².